The molecule has 2 aliphatic rings. The molecule has 4 rings (SSSR count). The van der Waals surface area contributed by atoms with Crippen molar-refractivity contribution in [1.29, 1.82) is 0 Å². The van der Waals surface area contributed by atoms with E-state index in [1.165, 1.54) is 17.7 Å². The van der Waals surface area contributed by atoms with E-state index in [4.69, 9.17) is 4.74 Å². The van der Waals surface area contributed by atoms with E-state index in [0.29, 0.717) is 32.0 Å². The molecule has 3 nitrogen and oxygen atoms in total. The van der Waals surface area contributed by atoms with E-state index < -0.39 is 5.54 Å². The van der Waals surface area contributed by atoms with Gasteiger partial charge >= 0.3 is 0 Å². The quantitative estimate of drug-likeness (QED) is 0.921. The van der Waals surface area contributed by atoms with Crippen molar-refractivity contribution in [2.24, 2.45) is 5.92 Å². The molecule has 1 aliphatic carbocycles. The van der Waals surface area contributed by atoms with E-state index in [9.17, 15) is 9.18 Å². The van der Waals surface area contributed by atoms with E-state index in [1.807, 2.05) is 18.2 Å². The van der Waals surface area contributed by atoms with Gasteiger partial charge in [0.05, 0.1) is 5.54 Å². The molecule has 1 aliphatic heterocycles. The third-order valence-electron chi connectivity index (χ3n) is 5.46. The molecule has 0 spiro atoms. The smallest absolute Gasteiger partial charge is 0.224 e. The molecule has 0 radical (unpaired) electrons. The number of benzene rings is 2. The van der Waals surface area contributed by atoms with Gasteiger partial charge in [0, 0.05) is 19.1 Å². The molecule has 0 unspecified atom stereocenters. The summed E-state index contributed by atoms with van der Waals surface area (Å²) >= 11 is 0. The summed E-state index contributed by atoms with van der Waals surface area (Å²) in [6.45, 7) is 1.20. The molecule has 25 heavy (non-hydrogen) atoms. The monoisotopic (exact) mass is 339 g/mol. The lowest BCUT2D eigenvalue weighted by molar-refractivity contribution is -0.125. The molecule has 1 amide bonds. The molecule has 0 aromatic heterocycles. The van der Waals surface area contributed by atoms with E-state index in [0.717, 1.165) is 12.0 Å². The van der Waals surface area contributed by atoms with Gasteiger partial charge in [-0.25, -0.2) is 4.39 Å². The summed E-state index contributed by atoms with van der Waals surface area (Å²) in [6.07, 6.45) is 2.33. The summed E-state index contributed by atoms with van der Waals surface area (Å²) in [5.41, 5.74) is 1.74. The predicted molar refractivity (Wildman–Crippen MR) is 93.6 cm³/mol. The maximum Gasteiger partial charge on any atom is 0.224 e. The highest BCUT2D eigenvalue weighted by Gasteiger charge is 2.47. The third kappa shape index (κ3) is 3.31. The van der Waals surface area contributed by atoms with Crippen LogP contribution in [-0.4, -0.2) is 19.1 Å². The third-order valence-corrected chi connectivity index (χ3v) is 5.46. The highest BCUT2D eigenvalue weighted by molar-refractivity contribution is 5.83. The summed E-state index contributed by atoms with van der Waals surface area (Å²) in [5.74, 6) is 0.178. The van der Waals surface area contributed by atoms with Crippen LogP contribution in [0.5, 0.6) is 0 Å². The summed E-state index contributed by atoms with van der Waals surface area (Å²) in [4.78, 5) is 12.9. The van der Waals surface area contributed by atoms with Crippen LogP contribution in [0, 0.1) is 11.7 Å². The number of carbonyl (C=O) groups excluding carboxylic acids is 1. The molecule has 0 bridgehead atoms. The van der Waals surface area contributed by atoms with Crippen LogP contribution in [-0.2, 0) is 15.1 Å². The van der Waals surface area contributed by atoms with Crippen LogP contribution in [0.15, 0.2) is 54.6 Å². The number of ether oxygens (including phenoxy) is 1. The molecular weight excluding hydrogens is 317 g/mol. The van der Waals surface area contributed by atoms with E-state index in [2.05, 4.69) is 17.4 Å². The Morgan fingerprint density at radius 2 is 1.72 bits per heavy atom. The Morgan fingerprint density at radius 1 is 1.04 bits per heavy atom. The fourth-order valence-corrected chi connectivity index (χ4v) is 3.86. The molecule has 1 saturated carbocycles. The van der Waals surface area contributed by atoms with Gasteiger partial charge in [-0.2, -0.15) is 0 Å². The molecule has 1 saturated heterocycles. The average Bonchev–Trinajstić information content (AvgIpc) is 3.45. The van der Waals surface area contributed by atoms with Crippen molar-refractivity contribution < 1.29 is 13.9 Å². The molecule has 2 fully saturated rings. The van der Waals surface area contributed by atoms with Crippen LogP contribution in [0.1, 0.15) is 36.3 Å². The largest absolute Gasteiger partial charge is 0.381 e. The fraction of sp³-hybridized carbons (Fsp3) is 0.381. The topological polar surface area (TPSA) is 38.3 Å². The molecule has 130 valence electrons. The van der Waals surface area contributed by atoms with Crippen LogP contribution in [0.25, 0.3) is 0 Å². The Labute approximate surface area is 147 Å². The van der Waals surface area contributed by atoms with Crippen molar-refractivity contribution in [2.75, 3.05) is 13.2 Å². The van der Waals surface area contributed by atoms with Crippen LogP contribution in [0.2, 0.25) is 0 Å². The molecule has 1 heterocycles. The standard InChI is InChI=1S/C21H22FNO2/c22-17-8-6-16(7-9-17)21(10-12-25-13-11-21)23-20(24)19-14-18(19)15-4-2-1-3-5-15/h1-9,18-19H,10-14H2,(H,23,24)/t18-,19-/m0/s1. The van der Waals surface area contributed by atoms with Gasteiger partial charge in [0.15, 0.2) is 0 Å². The van der Waals surface area contributed by atoms with Gasteiger partial charge in [0.2, 0.25) is 5.91 Å². The second-order valence-electron chi connectivity index (χ2n) is 7.05. The zero-order chi connectivity index (χ0) is 17.3. The van der Waals surface area contributed by atoms with E-state index in [-0.39, 0.29) is 17.6 Å². The van der Waals surface area contributed by atoms with Crippen molar-refractivity contribution >= 4 is 5.91 Å². The Kier molecular flexibility index (Phi) is 4.30. The Hall–Kier alpha value is -2.20. The summed E-state index contributed by atoms with van der Waals surface area (Å²) in [6, 6.07) is 16.7. The number of amides is 1. The molecule has 2 aromatic rings. The first-order chi connectivity index (χ1) is 12.2. The van der Waals surface area contributed by atoms with Gasteiger partial charge in [-0.15, -0.1) is 0 Å². The highest BCUT2D eigenvalue weighted by atomic mass is 19.1. The molecule has 4 heteroatoms. The summed E-state index contributed by atoms with van der Waals surface area (Å²) in [5, 5.41) is 3.29. The van der Waals surface area contributed by atoms with Crippen LogP contribution in [0.4, 0.5) is 4.39 Å². The SMILES string of the molecule is O=C(NC1(c2ccc(F)cc2)CCOCC1)[C@H]1C[C@H]1c1ccccc1. The number of carbonyl (C=O) groups is 1. The van der Waals surface area contributed by atoms with Gasteiger partial charge in [0.1, 0.15) is 5.82 Å². The first-order valence-corrected chi connectivity index (χ1v) is 8.89. The average molecular weight is 339 g/mol. The van der Waals surface area contributed by atoms with Crippen molar-refractivity contribution in [2.45, 2.75) is 30.7 Å². The first-order valence-electron chi connectivity index (χ1n) is 8.89. The Balaban J connectivity index is 1.51. The van der Waals surface area contributed by atoms with Gasteiger partial charge in [0.25, 0.3) is 0 Å². The van der Waals surface area contributed by atoms with E-state index >= 15 is 0 Å². The summed E-state index contributed by atoms with van der Waals surface area (Å²) in [7, 11) is 0. The minimum atomic E-state index is -0.452. The minimum absolute atomic E-state index is 0.0302. The minimum Gasteiger partial charge on any atom is -0.381 e. The van der Waals surface area contributed by atoms with Gasteiger partial charge in [-0.3, -0.25) is 4.79 Å². The predicted octanol–water partition coefficient (Wildman–Crippen LogP) is 3.75. The van der Waals surface area contributed by atoms with Gasteiger partial charge < -0.3 is 10.1 Å². The molecule has 2 atom stereocenters. The van der Waals surface area contributed by atoms with Crippen molar-refractivity contribution in [3.63, 3.8) is 0 Å². The second-order valence-corrected chi connectivity index (χ2v) is 7.05. The van der Waals surface area contributed by atoms with Crippen LogP contribution < -0.4 is 5.32 Å². The summed E-state index contributed by atoms with van der Waals surface area (Å²) < 4.78 is 18.8. The maximum absolute atomic E-state index is 13.3. The van der Waals surface area contributed by atoms with Crippen molar-refractivity contribution in [1.82, 2.24) is 5.32 Å². The Bertz CT molecular complexity index is 738. The lowest BCUT2D eigenvalue weighted by Gasteiger charge is -2.38. The zero-order valence-corrected chi connectivity index (χ0v) is 14.1. The fourth-order valence-electron chi connectivity index (χ4n) is 3.86. The van der Waals surface area contributed by atoms with Crippen LogP contribution >= 0.6 is 0 Å². The number of rotatable bonds is 4. The molecule has 1 N–H and O–H groups in total. The van der Waals surface area contributed by atoms with Gasteiger partial charge in [-0.1, -0.05) is 42.5 Å². The number of halogens is 1. The number of hydrogen-bond donors (Lipinski definition) is 1. The molecule has 2 aromatic carbocycles. The zero-order valence-electron chi connectivity index (χ0n) is 14.1. The number of nitrogens with one attached hydrogen (secondary N) is 1. The van der Waals surface area contributed by atoms with Crippen LogP contribution in [0.3, 0.4) is 0 Å². The van der Waals surface area contributed by atoms with E-state index in [1.54, 1.807) is 12.1 Å². The lowest BCUT2D eigenvalue weighted by Crippen LogP contribution is -2.50. The Morgan fingerprint density at radius 3 is 2.40 bits per heavy atom. The lowest BCUT2D eigenvalue weighted by atomic mass is 9.82. The van der Waals surface area contributed by atoms with Crippen molar-refractivity contribution in [3.05, 3.63) is 71.5 Å². The van der Waals surface area contributed by atoms with Crippen molar-refractivity contribution in [3.8, 4) is 0 Å². The first kappa shape index (κ1) is 16.3. The second kappa shape index (κ2) is 6.60. The maximum atomic E-state index is 13.3. The molecular formula is C21H22FNO2. The number of hydrogen-bond acceptors (Lipinski definition) is 2. The normalized spacial score (nSPS) is 24.5. The van der Waals surface area contributed by atoms with Gasteiger partial charge in [-0.05, 0) is 48.4 Å². The highest BCUT2D eigenvalue weighted by Crippen LogP contribution is 2.48.